The molecule has 1 saturated carbocycles. The molecule has 1 heterocycles. The number of anilines is 1. The molecule has 1 aromatic heterocycles. The average molecular weight is 336 g/mol. The van der Waals surface area contributed by atoms with Gasteiger partial charge in [-0.05, 0) is 25.0 Å². The normalized spacial score (nSPS) is 14.0. The van der Waals surface area contributed by atoms with Gasteiger partial charge in [-0.1, -0.05) is 12.1 Å². The second-order valence-corrected chi connectivity index (χ2v) is 5.55. The van der Waals surface area contributed by atoms with E-state index in [0.29, 0.717) is 5.69 Å². The Morgan fingerprint density at radius 2 is 2.12 bits per heavy atom. The van der Waals surface area contributed by atoms with Crippen molar-refractivity contribution in [1.29, 1.82) is 0 Å². The van der Waals surface area contributed by atoms with Crippen molar-refractivity contribution in [1.82, 2.24) is 9.78 Å². The summed E-state index contributed by atoms with van der Waals surface area (Å²) in [7, 11) is 0. The van der Waals surface area contributed by atoms with Crippen LogP contribution in [0.4, 0.5) is 20.2 Å². The van der Waals surface area contributed by atoms with E-state index >= 15 is 0 Å². The number of aromatic nitrogens is 2. The van der Waals surface area contributed by atoms with E-state index < -0.39 is 23.8 Å². The molecule has 0 spiro atoms. The van der Waals surface area contributed by atoms with Crippen LogP contribution in [-0.2, 0) is 11.3 Å². The summed E-state index contributed by atoms with van der Waals surface area (Å²) in [5.74, 6) is -0.473. The zero-order chi connectivity index (χ0) is 17.3. The molecule has 7 nitrogen and oxygen atoms in total. The Morgan fingerprint density at radius 1 is 1.42 bits per heavy atom. The van der Waals surface area contributed by atoms with Crippen LogP contribution in [-0.4, -0.2) is 20.6 Å². The van der Waals surface area contributed by atoms with E-state index in [4.69, 9.17) is 0 Å². The van der Waals surface area contributed by atoms with Gasteiger partial charge in [0.1, 0.15) is 17.9 Å². The lowest BCUT2D eigenvalue weighted by molar-refractivity contribution is -0.383. The molecule has 0 radical (unpaired) electrons. The summed E-state index contributed by atoms with van der Waals surface area (Å²) in [5, 5.41) is 17.4. The molecule has 3 rings (SSSR count). The van der Waals surface area contributed by atoms with Crippen LogP contribution < -0.4 is 5.32 Å². The smallest absolute Gasteiger partial charge is 0.292 e. The summed E-state index contributed by atoms with van der Waals surface area (Å²) in [6.07, 6.45) is -0.937. The Hall–Kier alpha value is -2.84. The quantitative estimate of drug-likeness (QED) is 0.647. The van der Waals surface area contributed by atoms with Crippen molar-refractivity contribution in [3.63, 3.8) is 0 Å². The van der Waals surface area contributed by atoms with E-state index in [2.05, 4.69) is 10.4 Å². The first-order valence-electron chi connectivity index (χ1n) is 7.34. The van der Waals surface area contributed by atoms with Crippen molar-refractivity contribution in [2.75, 3.05) is 5.32 Å². The van der Waals surface area contributed by atoms with Gasteiger partial charge < -0.3 is 5.32 Å². The van der Waals surface area contributed by atoms with E-state index in [9.17, 15) is 23.7 Å². The van der Waals surface area contributed by atoms with Gasteiger partial charge in [-0.3, -0.25) is 19.6 Å². The number of halogens is 2. The number of benzene rings is 1. The molecule has 24 heavy (non-hydrogen) atoms. The van der Waals surface area contributed by atoms with Gasteiger partial charge in [0.25, 0.3) is 12.1 Å². The molecule has 0 atom stereocenters. The number of para-hydroxylation sites is 2. The van der Waals surface area contributed by atoms with Crippen LogP contribution in [0, 0.1) is 10.1 Å². The largest absolute Gasteiger partial charge is 0.319 e. The molecule has 2 aromatic rings. The highest BCUT2D eigenvalue weighted by atomic mass is 19.3. The van der Waals surface area contributed by atoms with Gasteiger partial charge in [0.15, 0.2) is 0 Å². The van der Waals surface area contributed by atoms with E-state index in [0.717, 1.165) is 17.5 Å². The van der Waals surface area contributed by atoms with Gasteiger partial charge >= 0.3 is 0 Å². The lowest BCUT2D eigenvalue weighted by Gasteiger charge is -2.08. The van der Waals surface area contributed by atoms with Gasteiger partial charge in [-0.25, -0.2) is 8.78 Å². The average Bonchev–Trinajstić information content (AvgIpc) is 3.28. The lowest BCUT2D eigenvalue weighted by Crippen LogP contribution is -2.21. The number of alkyl halides is 2. The van der Waals surface area contributed by atoms with Gasteiger partial charge in [0.2, 0.25) is 5.91 Å². The molecule has 1 amide bonds. The molecular formula is C15H14F2N4O3. The highest BCUT2D eigenvalue weighted by Crippen LogP contribution is 2.40. The van der Waals surface area contributed by atoms with E-state index in [-0.39, 0.29) is 23.0 Å². The van der Waals surface area contributed by atoms with Crippen molar-refractivity contribution in [3.8, 4) is 0 Å². The Morgan fingerprint density at radius 3 is 2.75 bits per heavy atom. The molecule has 1 N–H and O–H groups in total. The molecular weight excluding hydrogens is 322 g/mol. The number of hydrogen-bond donors (Lipinski definition) is 1. The number of nitrogens with one attached hydrogen (secondary N) is 1. The third-order valence-corrected chi connectivity index (χ3v) is 3.72. The first-order valence-corrected chi connectivity index (χ1v) is 7.34. The summed E-state index contributed by atoms with van der Waals surface area (Å²) in [4.78, 5) is 22.4. The summed E-state index contributed by atoms with van der Waals surface area (Å²) in [5.41, 5.74) is -0.0156. The third-order valence-electron chi connectivity index (χ3n) is 3.72. The van der Waals surface area contributed by atoms with Crippen LogP contribution in [0.5, 0.6) is 0 Å². The van der Waals surface area contributed by atoms with Crippen molar-refractivity contribution in [2.24, 2.45) is 0 Å². The van der Waals surface area contributed by atoms with Crippen LogP contribution in [0.2, 0.25) is 0 Å². The Balaban J connectivity index is 1.77. The zero-order valence-electron chi connectivity index (χ0n) is 12.5. The lowest BCUT2D eigenvalue weighted by atomic mass is 10.2. The highest BCUT2D eigenvalue weighted by molar-refractivity contribution is 5.92. The first-order chi connectivity index (χ1) is 11.5. The molecule has 0 bridgehead atoms. The predicted octanol–water partition coefficient (Wildman–Crippen LogP) is 3.25. The van der Waals surface area contributed by atoms with E-state index in [1.165, 1.54) is 30.3 Å². The maximum Gasteiger partial charge on any atom is 0.292 e. The van der Waals surface area contributed by atoms with Crippen LogP contribution >= 0.6 is 0 Å². The minimum atomic E-state index is -2.75. The topological polar surface area (TPSA) is 90.1 Å². The Kier molecular flexibility index (Phi) is 4.24. The molecule has 0 unspecified atom stereocenters. The maximum atomic E-state index is 13.1. The molecule has 1 fully saturated rings. The molecule has 0 saturated heterocycles. The van der Waals surface area contributed by atoms with Crippen LogP contribution in [0.15, 0.2) is 30.3 Å². The SMILES string of the molecule is O=C(Cn1nc(C2CC2)cc1C(F)F)Nc1ccccc1[N+](=O)[O-]. The predicted molar refractivity (Wildman–Crippen MR) is 80.9 cm³/mol. The van der Waals surface area contributed by atoms with Crippen molar-refractivity contribution >= 4 is 17.3 Å². The minimum absolute atomic E-state index is 0.0145. The van der Waals surface area contributed by atoms with Crippen LogP contribution in [0.3, 0.4) is 0 Å². The molecule has 1 aromatic carbocycles. The van der Waals surface area contributed by atoms with Crippen LogP contribution in [0.25, 0.3) is 0 Å². The minimum Gasteiger partial charge on any atom is -0.319 e. The third kappa shape index (κ3) is 3.39. The highest BCUT2D eigenvalue weighted by Gasteiger charge is 2.29. The Bertz CT molecular complexity index is 787. The van der Waals surface area contributed by atoms with Crippen molar-refractivity contribution in [2.45, 2.75) is 31.7 Å². The molecule has 1 aliphatic carbocycles. The number of nitrogens with zero attached hydrogens (tertiary/aromatic N) is 3. The standard InChI is InChI=1S/C15H14F2N4O3/c16-15(17)13-7-11(9-5-6-9)19-20(13)8-14(22)18-10-3-1-2-4-12(10)21(23)24/h1-4,7,9,15H,5-6,8H2,(H,18,22). The van der Waals surface area contributed by atoms with Gasteiger partial charge in [0, 0.05) is 12.0 Å². The van der Waals surface area contributed by atoms with E-state index in [1.807, 2.05) is 0 Å². The number of hydrogen-bond acceptors (Lipinski definition) is 4. The fraction of sp³-hybridized carbons (Fsp3) is 0.333. The van der Waals surface area contributed by atoms with Gasteiger partial charge in [-0.15, -0.1) is 0 Å². The van der Waals surface area contributed by atoms with Gasteiger partial charge in [0.05, 0.1) is 10.6 Å². The number of nitro groups is 1. The molecule has 9 heteroatoms. The number of rotatable bonds is 6. The molecule has 1 aliphatic rings. The maximum absolute atomic E-state index is 13.1. The zero-order valence-corrected chi connectivity index (χ0v) is 12.5. The van der Waals surface area contributed by atoms with Crippen molar-refractivity contribution in [3.05, 3.63) is 51.8 Å². The monoisotopic (exact) mass is 336 g/mol. The number of amides is 1. The van der Waals surface area contributed by atoms with E-state index in [1.54, 1.807) is 0 Å². The fourth-order valence-corrected chi connectivity index (χ4v) is 2.40. The molecule has 0 aliphatic heterocycles. The number of nitro benzene ring substituents is 1. The number of carbonyl (C=O) groups is 1. The summed E-state index contributed by atoms with van der Waals surface area (Å²) < 4.78 is 27.1. The molecule has 126 valence electrons. The first kappa shape index (κ1) is 16.0. The second kappa shape index (κ2) is 6.34. The Labute approximate surface area is 135 Å². The fourth-order valence-electron chi connectivity index (χ4n) is 2.40. The summed E-state index contributed by atoms with van der Waals surface area (Å²) in [6.45, 7) is -0.432. The second-order valence-electron chi connectivity index (χ2n) is 5.55. The van der Waals surface area contributed by atoms with Crippen molar-refractivity contribution < 1.29 is 18.5 Å². The van der Waals surface area contributed by atoms with Gasteiger partial charge in [-0.2, -0.15) is 5.10 Å². The number of carbonyl (C=O) groups excluding carboxylic acids is 1. The van der Waals surface area contributed by atoms with Crippen LogP contribution in [0.1, 0.15) is 36.6 Å². The summed E-state index contributed by atoms with van der Waals surface area (Å²) >= 11 is 0. The summed E-state index contributed by atoms with van der Waals surface area (Å²) in [6, 6.07) is 6.95.